The molecule has 0 spiro atoms. The summed E-state index contributed by atoms with van der Waals surface area (Å²) in [4.78, 5) is 26.6. The molecule has 0 radical (unpaired) electrons. The summed E-state index contributed by atoms with van der Waals surface area (Å²) in [6.07, 6.45) is 2.57. The Morgan fingerprint density at radius 2 is 1.72 bits per heavy atom. The first-order valence-electron chi connectivity index (χ1n) is 8.75. The van der Waals surface area contributed by atoms with E-state index >= 15 is 0 Å². The SMILES string of the molecule is Cc1ccc(C(=O)Nc2ccc(C)c(N3CCCCC3=O)c2)cc1C. The van der Waals surface area contributed by atoms with Crippen LogP contribution in [-0.4, -0.2) is 18.4 Å². The molecule has 1 saturated heterocycles. The number of amides is 2. The van der Waals surface area contributed by atoms with Crippen molar-refractivity contribution in [3.63, 3.8) is 0 Å². The maximum Gasteiger partial charge on any atom is 0.255 e. The van der Waals surface area contributed by atoms with E-state index in [4.69, 9.17) is 0 Å². The normalized spacial score (nSPS) is 14.5. The highest BCUT2D eigenvalue weighted by Gasteiger charge is 2.21. The molecule has 2 aromatic rings. The third-order valence-electron chi connectivity index (χ3n) is 4.85. The molecule has 0 bridgehead atoms. The molecule has 1 aliphatic rings. The standard InChI is InChI=1S/C21H24N2O2/c1-14-7-9-17(12-16(14)3)21(25)22-18-10-8-15(2)19(13-18)23-11-5-4-6-20(23)24/h7-10,12-13H,4-6,11H2,1-3H3,(H,22,25). The van der Waals surface area contributed by atoms with E-state index in [1.807, 2.05) is 62.1 Å². The smallest absolute Gasteiger partial charge is 0.255 e. The minimum absolute atomic E-state index is 0.136. The van der Waals surface area contributed by atoms with Gasteiger partial charge in [-0.05, 0) is 74.6 Å². The fraction of sp³-hybridized carbons (Fsp3) is 0.333. The van der Waals surface area contributed by atoms with Crippen LogP contribution in [0.25, 0.3) is 0 Å². The monoisotopic (exact) mass is 336 g/mol. The molecular formula is C21H24N2O2. The van der Waals surface area contributed by atoms with Gasteiger partial charge >= 0.3 is 0 Å². The Bertz CT molecular complexity index is 827. The molecule has 1 heterocycles. The lowest BCUT2D eigenvalue weighted by Crippen LogP contribution is -2.35. The third-order valence-corrected chi connectivity index (χ3v) is 4.85. The summed E-state index contributed by atoms with van der Waals surface area (Å²) < 4.78 is 0. The van der Waals surface area contributed by atoms with Crippen LogP contribution in [0.1, 0.15) is 46.3 Å². The van der Waals surface area contributed by atoms with E-state index in [9.17, 15) is 9.59 Å². The van der Waals surface area contributed by atoms with E-state index in [0.717, 1.165) is 41.8 Å². The third kappa shape index (κ3) is 3.73. The number of carbonyl (C=O) groups excluding carboxylic acids is 2. The van der Waals surface area contributed by atoms with E-state index < -0.39 is 0 Å². The molecule has 1 fully saturated rings. The predicted molar refractivity (Wildman–Crippen MR) is 101 cm³/mol. The van der Waals surface area contributed by atoms with Gasteiger partial charge in [0.25, 0.3) is 5.91 Å². The van der Waals surface area contributed by atoms with E-state index in [-0.39, 0.29) is 11.8 Å². The van der Waals surface area contributed by atoms with Crippen LogP contribution in [0.15, 0.2) is 36.4 Å². The predicted octanol–water partition coefficient (Wildman–Crippen LogP) is 4.38. The van der Waals surface area contributed by atoms with Crippen LogP contribution in [-0.2, 0) is 4.79 Å². The average Bonchev–Trinajstić information content (AvgIpc) is 2.59. The number of rotatable bonds is 3. The van der Waals surface area contributed by atoms with Crippen LogP contribution in [0.2, 0.25) is 0 Å². The minimum Gasteiger partial charge on any atom is -0.322 e. The molecule has 1 N–H and O–H groups in total. The summed E-state index contributed by atoms with van der Waals surface area (Å²) in [5.74, 6) is 0.0230. The highest BCUT2D eigenvalue weighted by Crippen LogP contribution is 2.28. The fourth-order valence-electron chi connectivity index (χ4n) is 3.12. The van der Waals surface area contributed by atoms with Crippen molar-refractivity contribution in [2.24, 2.45) is 0 Å². The molecule has 0 aromatic heterocycles. The van der Waals surface area contributed by atoms with Gasteiger partial charge in [-0.2, -0.15) is 0 Å². The summed E-state index contributed by atoms with van der Waals surface area (Å²) in [6.45, 7) is 6.76. The summed E-state index contributed by atoms with van der Waals surface area (Å²) in [5.41, 5.74) is 5.54. The van der Waals surface area contributed by atoms with E-state index in [1.165, 1.54) is 0 Å². The molecule has 130 valence electrons. The summed E-state index contributed by atoms with van der Waals surface area (Å²) in [7, 11) is 0. The van der Waals surface area contributed by atoms with Crippen molar-refractivity contribution in [1.82, 2.24) is 0 Å². The van der Waals surface area contributed by atoms with Gasteiger partial charge in [-0.25, -0.2) is 0 Å². The van der Waals surface area contributed by atoms with Gasteiger partial charge < -0.3 is 10.2 Å². The van der Waals surface area contributed by atoms with E-state index in [0.29, 0.717) is 17.7 Å². The molecule has 0 aliphatic carbocycles. The topological polar surface area (TPSA) is 49.4 Å². The van der Waals surface area contributed by atoms with Crippen LogP contribution in [0.4, 0.5) is 11.4 Å². The van der Waals surface area contributed by atoms with Gasteiger partial charge in [-0.1, -0.05) is 12.1 Å². The Labute approximate surface area is 148 Å². The van der Waals surface area contributed by atoms with Crippen molar-refractivity contribution in [3.8, 4) is 0 Å². The van der Waals surface area contributed by atoms with Gasteiger partial charge in [-0.15, -0.1) is 0 Å². The first-order chi connectivity index (χ1) is 12.0. The molecule has 0 unspecified atom stereocenters. The van der Waals surface area contributed by atoms with Gasteiger partial charge in [0.05, 0.1) is 0 Å². The lowest BCUT2D eigenvalue weighted by atomic mass is 10.1. The van der Waals surface area contributed by atoms with Crippen LogP contribution in [0.5, 0.6) is 0 Å². The van der Waals surface area contributed by atoms with Crippen LogP contribution < -0.4 is 10.2 Å². The van der Waals surface area contributed by atoms with E-state index in [1.54, 1.807) is 0 Å². The van der Waals surface area contributed by atoms with Gasteiger partial charge in [0.1, 0.15) is 0 Å². The molecular weight excluding hydrogens is 312 g/mol. The number of nitrogens with zero attached hydrogens (tertiary/aromatic N) is 1. The maximum atomic E-state index is 12.5. The summed E-state index contributed by atoms with van der Waals surface area (Å²) >= 11 is 0. The highest BCUT2D eigenvalue weighted by molar-refractivity contribution is 6.05. The van der Waals surface area contributed by atoms with E-state index in [2.05, 4.69) is 5.32 Å². The Balaban J connectivity index is 1.83. The van der Waals surface area contributed by atoms with Crippen molar-refractivity contribution in [1.29, 1.82) is 0 Å². The molecule has 4 heteroatoms. The minimum atomic E-state index is -0.136. The number of benzene rings is 2. The average molecular weight is 336 g/mol. The highest BCUT2D eigenvalue weighted by atomic mass is 16.2. The Morgan fingerprint density at radius 1 is 0.960 bits per heavy atom. The Hall–Kier alpha value is -2.62. The van der Waals surface area contributed by atoms with Gasteiger partial charge in [0.2, 0.25) is 5.91 Å². The zero-order valence-corrected chi connectivity index (χ0v) is 15.1. The molecule has 4 nitrogen and oxygen atoms in total. The molecule has 2 amide bonds. The van der Waals surface area contributed by atoms with Crippen molar-refractivity contribution >= 4 is 23.2 Å². The number of anilines is 2. The van der Waals surface area contributed by atoms with Gasteiger partial charge in [0, 0.05) is 29.9 Å². The van der Waals surface area contributed by atoms with Gasteiger partial charge in [-0.3, -0.25) is 9.59 Å². The van der Waals surface area contributed by atoms with Gasteiger partial charge in [0.15, 0.2) is 0 Å². The second-order valence-corrected chi connectivity index (χ2v) is 6.76. The Kier molecular flexibility index (Phi) is 4.88. The second-order valence-electron chi connectivity index (χ2n) is 6.76. The molecule has 0 saturated carbocycles. The van der Waals surface area contributed by atoms with Crippen molar-refractivity contribution < 1.29 is 9.59 Å². The number of piperidine rings is 1. The molecule has 25 heavy (non-hydrogen) atoms. The lowest BCUT2D eigenvalue weighted by molar-refractivity contribution is -0.119. The van der Waals surface area contributed by atoms with Crippen molar-refractivity contribution in [2.45, 2.75) is 40.0 Å². The van der Waals surface area contributed by atoms with Crippen molar-refractivity contribution in [2.75, 3.05) is 16.8 Å². The number of aryl methyl sites for hydroxylation is 3. The summed E-state index contributed by atoms with van der Waals surface area (Å²) in [6, 6.07) is 11.4. The zero-order valence-electron chi connectivity index (χ0n) is 15.1. The fourth-order valence-corrected chi connectivity index (χ4v) is 3.12. The molecule has 1 aliphatic heterocycles. The lowest BCUT2D eigenvalue weighted by Gasteiger charge is -2.28. The number of hydrogen-bond donors (Lipinski definition) is 1. The maximum absolute atomic E-state index is 12.5. The van der Waals surface area contributed by atoms with Crippen LogP contribution in [0.3, 0.4) is 0 Å². The first-order valence-corrected chi connectivity index (χ1v) is 8.75. The Morgan fingerprint density at radius 3 is 2.44 bits per heavy atom. The molecule has 2 aromatic carbocycles. The largest absolute Gasteiger partial charge is 0.322 e. The van der Waals surface area contributed by atoms with Crippen LogP contribution >= 0.6 is 0 Å². The van der Waals surface area contributed by atoms with Crippen molar-refractivity contribution in [3.05, 3.63) is 58.7 Å². The quantitative estimate of drug-likeness (QED) is 0.904. The molecule has 0 atom stereocenters. The number of hydrogen-bond acceptors (Lipinski definition) is 2. The van der Waals surface area contributed by atoms with Crippen LogP contribution in [0, 0.1) is 20.8 Å². The first kappa shape index (κ1) is 17.2. The summed E-state index contributed by atoms with van der Waals surface area (Å²) in [5, 5.41) is 2.95. The molecule has 3 rings (SSSR count). The number of carbonyl (C=O) groups is 2. The zero-order chi connectivity index (χ0) is 18.0. The second kappa shape index (κ2) is 7.09. The number of nitrogens with one attached hydrogen (secondary N) is 1.